The van der Waals surface area contributed by atoms with Crippen molar-refractivity contribution in [1.82, 2.24) is 10.3 Å². The van der Waals surface area contributed by atoms with E-state index in [2.05, 4.69) is 16.9 Å². The number of rotatable bonds is 3. The van der Waals surface area contributed by atoms with E-state index in [1.165, 1.54) is 11.3 Å². The summed E-state index contributed by atoms with van der Waals surface area (Å²) in [7, 11) is 0. The van der Waals surface area contributed by atoms with E-state index in [1.807, 2.05) is 0 Å². The Kier molecular flexibility index (Phi) is 3.27. The van der Waals surface area contributed by atoms with E-state index >= 15 is 0 Å². The Labute approximate surface area is 84.4 Å². The van der Waals surface area contributed by atoms with Gasteiger partial charge in [0.05, 0.1) is 6.54 Å². The van der Waals surface area contributed by atoms with E-state index in [0.29, 0.717) is 15.9 Å². The fourth-order valence-corrected chi connectivity index (χ4v) is 1.27. The maximum absolute atomic E-state index is 11.2. The molecule has 0 saturated heterocycles. The Hall–Kier alpha value is -1.07. The smallest absolute Gasteiger partial charge is 0.271 e. The van der Waals surface area contributed by atoms with E-state index in [9.17, 15) is 4.79 Å². The molecular formula is C7H8ClN3OS. The molecule has 1 heterocycles. The molecule has 0 aromatic carbocycles. The van der Waals surface area contributed by atoms with Gasteiger partial charge in [0.2, 0.25) is 0 Å². The summed E-state index contributed by atoms with van der Waals surface area (Å²) >= 11 is 6.68. The first kappa shape index (κ1) is 10.0. The highest BCUT2D eigenvalue weighted by molar-refractivity contribution is 7.13. The molecule has 70 valence electrons. The molecule has 3 N–H and O–H groups in total. The van der Waals surface area contributed by atoms with E-state index < -0.39 is 0 Å². The van der Waals surface area contributed by atoms with Gasteiger partial charge in [0.15, 0.2) is 5.13 Å². The summed E-state index contributed by atoms with van der Waals surface area (Å²) in [5.41, 5.74) is 5.66. The summed E-state index contributed by atoms with van der Waals surface area (Å²) in [6, 6.07) is 0. The highest BCUT2D eigenvalue weighted by atomic mass is 35.5. The van der Waals surface area contributed by atoms with Crippen LogP contribution in [0, 0.1) is 0 Å². The van der Waals surface area contributed by atoms with Crippen LogP contribution >= 0.6 is 22.9 Å². The van der Waals surface area contributed by atoms with Crippen LogP contribution in [0.2, 0.25) is 0 Å². The number of hydrogen-bond donors (Lipinski definition) is 2. The van der Waals surface area contributed by atoms with Gasteiger partial charge in [-0.15, -0.1) is 11.3 Å². The normalized spacial score (nSPS) is 9.62. The van der Waals surface area contributed by atoms with Gasteiger partial charge in [0, 0.05) is 10.4 Å². The molecule has 1 amide bonds. The minimum absolute atomic E-state index is 0.234. The first-order valence-electron chi connectivity index (χ1n) is 3.42. The Morgan fingerprint density at radius 1 is 1.85 bits per heavy atom. The van der Waals surface area contributed by atoms with Crippen molar-refractivity contribution in [3.63, 3.8) is 0 Å². The predicted octanol–water partition coefficient (Wildman–Crippen LogP) is 1.21. The highest BCUT2D eigenvalue weighted by Gasteiger charge is 2.08. The molecule has 4 nitrogen and oxygen atoms in total. The summed E-state index contributed by atoms with van der Waals surface area (Å²) in [6.45, 7) is 3.67. The zero-order chi connectivity index (χ0) is 9.84. The van der Waals surface area contributed by atoms with Crippen molar-refractivity contribution < 1.29 is 4.79 Å². The zero-order valence-electron chi connectivity index (χ0n) is 6.71. The van der Waals surface area contributed by atoms with Crippen LogP contribution in [0.1, 0.15) is 10.5 Å². The first-order chi connectivity index (χ1) is 6.09. The standard InChI is InChI=1S/C7H8ClN3OS/c1-4(8)2-10-6(12)5-3-13-7(9)11-5/h3H,1-2H2,(H2,9,11)(H,10,12). The molecule has 1 aromatic rings. The maximum Gasteiger partial charge on any atom is 0.271 e. The van der Waals surface area contributed by atoms with Crippen molar-refractivity contribution in [2.45, 2.75) is 0 Å². The first-order valence-corrected chi connectivity index (χ1v) is 4.68. The monoisotopic (exact) mass is 217 g/mol. The van der Waals surface area contributed by atoms with Gasteiger partial charge in [-0.1, -0.05) is 18.2 Å². The van der Waals surface area contributed by atoms with Gasteiger partial charge in [0.1, 0.15) is 5.69 Å². The van der Waals surface area contributed by atoms with Crippen molar-refractivity contribution in [2.75, 3.05) is 12.3 Å². The second-order valence-electron chi connectivity index (χ2n) is 2.27. The van der Waals surface area contributed by atoms with Gasteiger partial charge in [-0.05, 0) is 0 Å². The number of nitrogens with one attached hydrogen (secondary N) is 1. The molecular weight excluding hydrogens is 210 g/mol. The number of hydrogen-bond acceptors (Lipinski definition) is 4. The SMILES string of the molecule is C=C(Cl)CNC(=O)c1csc(N)n1. The molecule has 0 spiro atoms. The summed E-state index contributed by atoms with van der Waals surface area (Å²) in [6.07, 6.45) is 0. The molecule has 0 aliphatic carbocycles. The Balaban J connectivity index is 2.54. The number of nitrogens with two attached hydrogens (primary N) is 1. The molecule has 1 rings (SSSR count). The number of thiazole rings is 1. The number of carbonyl (C=O) groups is 1. The number of anilines is 1. The lowest BCUT2D eigenvalue weighted by molar-refractivity contribution is 0.0953. The quantitative estimate of drug-likeness (QED) is 0.800. The zero-order valence-corrected chi connectivity index (χ0v) is 8.28. The van der Waals surface area contributed by atoms with E-state index in [-0.39, 0.29) is 12.5 Å². The number of carbonyl (C=O) groups excluding carboxylic acids is 1. The van der Waals surface area contributed by atoms with Crippen LogP contribution in [-0.2, 0) is 0 Å². The largest absolute Gasteiger partial charge is 0.375 e. The number of nitrogen functional groups attached to an aromatic ring is 1. The maximum atomic E-state index is 11.2. The van der Waals surface area contributed by atoms with Gasteiger partial charge < -0.3 is 11.1 Å². The molecule has 0 fully saturated rings. The molecule has 0 aliphatic rings. The fraction of sp³-hybridized carbons (Fsp3) is 0.143. The van der Waals surface area contributed by atoms with Crippen molar-refractivity contribution >= 4 is 34.0 Å². The molecule has 1 aromatic heterocycles. The van der Waals surface area contributed by atoms with Crippen molar-refractivity contribution in [3.05, 3.63) is 22.7 Å². The number of aromatic nitrogens is 1. The summed E-state index contributed by atoms with van der Waals surface area (Å²) < 4.78 is 0. The minimum atomic E-state index is -0.297. The summed E-state index contributed by atoms with van der Waals surface area (Å²) in [5, 5.41) is 4.86. The van der Waals surface area contributed by atoms with Gasteiger partial charge in [0.25, 0.3) is 5.91 Å². The molecule has 0 bridgehead atoms. The lowest BCUT2D eigenvalue weighted by Crippen LogP contribution is -2.24. The van der Waals surface area contributed by atoms with Crippen LogP contribution in [0.4, 0.5) is 5.13 Å². The van der Waals surface area contributed by atoms with Crippen molar-refractivity contribution in [2.24, 2.45) is 0 Å². The lowest BCUT2D eigenvalue weighted by atomic mass is 10.4. The van der Waals surface area contributed by atoms with Crippen molar-refractivity contribution in [1.29, 1.82) is 0 Å². The van der Waals surface area contributed by atoms with Crippen LogP contribution < -0.4 is 11.1 Å². The van der Waals surface area contributed by atoms with Gasteiger partial charge in [-0.3, -0.25) is 4.79 Å². The van der Waals surface area contributed by atoms with Crippen LogP contribution in [0.15, 0.2) is 17.0 Å². The van der Waals surface area contributed by atoms with E-state index in [0.717, 1.165) is 0 Å². The van der Waals surface area contributed by atoms with Crippen LogP contribution in [0.5, 0.6) is 0 Å². The van der Waals surface area contributed by atoms with Crippen LogP contribution in [-0.4, -0.2) is 17.4 Å². The third kappa shape index (κ3) is 3.04. The molecule has 13 heavy (non-hydrogen) atoms. The Morgan fingerprint density at radius 2 is 2.54 bits per heavy atom. The third-order valence-corrected chi connectivity index (χ3v) is 2.00. The van der Waals surface area contributed by atoms with Crippen LogP contribution in [0.25, 0.3) is 0 Å². The topological polar surface area (TPSA) is 68.0 Å². The minimum Gasteiger partial charge on any atom is -0.375 e. The molecule has 0 radical (unpaired) electrons. The number of halogens is 1. The second-order valence-corrected chi connectivity index (χ2v) is 3.70. The summed E-state index contributed by atoms with van der Waals surface area (Å²) in [4.78, 5) is 15.0. The van der Waals surface area contributed by atoms with E-state index in [4.69, 9.17) is 17.3 Å². The van der Waals surface area contributed by atoms with Gasteiger partial charge >= 0.3 is 0 Å². The molecule has 0 atom stereocenters. The van der Waals surface area contributed by atoms with E-state index in [1.54, 1.807) is 5.38 Å². The number of nitrogens with zero attached hydrogens (tertiary/aromatic N) is 1. The average Bonchev–Trinajstić information content (AvgIpc) is 2.47. The number of amides is 1. The Bertz CT molecular complexity index is 336. The van der Waals surface area contributed by atoms with Crippen LogP contribution in [0.3, 0.4) is 0 Å². The van der Waals surface area contributed by atoms with Gasteiger partial charge in [-0.25, -0.2) is 4.98 Å². The molecule has 6 heteroatoms. The van der Waals surface area contributed by atoms with Crippen molar-refractivity contribution in [3.8, 4) is 0 Å². The Morgan fingerprint density at radius 3 is 3.00 bits per heavy atom. The fourth-order valence-electron chi connectivity index (χ4n) is 0.659. The molecule has 0 aliphatic heterocycles. The lowest BCUT2D eigenvalue weighted by Gasteiger charge is -1.99. The summed E-state index contributed by atoms with van der Waals surface area (Å²) in [5.74, 6) is -0.297. The predicted molar refractivity (Wildman–Crippen MR) is 53.9 cm³/mol. The molecule has 0 unspecified atom stereocenters. The highest BCUT2D eigenvalue weighted by Crippen LogP contribution is 2.10. The third-order valence-electron chi connectivity index (χ3n) is 1.20. The average molecular weight is 218 g/mol. The second kappa shape index (κ2) is 4.25. The van der Waals surface area contributed by atoms with Gasteiger partial charge in [-0.2, -0.15) is 0 Å². The molecule has 0 saturated carbocycles.